The first-order valence-corrected chi connectivity index (χ1v) is 7.75. The molecule has 0 aromatic heterocycles. The van der Waals surface area contributed by atoms with E-state index in [0.29, 0.717) is 11.5 Å². The van der Waals surface area contributed by atoms with E-state index in [1.165, 1.54) is 38.8 Å². The maximum Gasteiger partial charge on any atom is 0.00979 e. The lowest BCUT2D eigenvalue weighted by molar-refractivity contribution is 0.266. The lowest BCUT2D eigenvalue weighted by Crippen LogP contribution is -2.33. The monoisotopic (exact) mass is 254 g/mol. The fourth-order valence-corrected chi connectivity index (χ4v) is 3.20. The van der Waals surface area contributed by atoms with Crippen LogP contribution in [0.1, 0.15) is 60.3 Å². The van der Waals surface area contributed by atoms with Gasteiger partial charge in [-0.2, -0.15) is 0 Å². The first kappa shape index (κ1) is 16.0. The van der Waals surface area contributed by atoms with Gasteiger partial charge in [-0.25, -0.2) is 0 Å². The van der Waals surface area contributed by atoms with Gasteiger partial charge in [0.05, 0.1) is 0 Å². The fraction of sp³-hybridized carbons (Fsp3) is 1.00. The Hall–Kier alpha value is -0.0800. The summed E-state index contributed by atoms with van der Waals surface area (Å²) in [5.74, 6) is 0.846. The van der Waals surface area contributed by atoms with Gasteiger partial charge in [-0.15, -0.1) is 0 Å². The van der Waals surface area contributed by atoms with Gasteiger partial charge in [-0.1, -0.05) is 20.8 Å². The molecule has 0 aromatic rings. The number of hydrogen-bond acceptors (Lipinski definition) is 2. The summed E-state index contributed by atoms with van der Waals surface area (Å²) in [6.45, 7) is 14.2. The van der Waals surface area contributed by atoms with Crippen molar-refractivity contribution in [3.05, 3.63) is 0 Å². The van der Waals surface area contributed by atoms with Crippen LogP contribution in [-0.2, 0) is 0 Å². The Labute approximate surface area is 115 Å². The molecule has 18 heavy (non-hydrogen) atoms. The van der Waals surface area contributed by atoms with Crippen LogP contribution < -0.4 is 5.32 Å². The maximum absolute atomic E-state index is 3.77. The predicted octanol–water partition coefficient (Wildman–Crippen LogP) is 3.52. The average molecular weight is 254 g/mol. The minimum absolute atomic E-state index is 0.551. The molecule has 1 aliphatic carbocycles. The second-order valence-electron chi connectivity index (χ2n) is 7.39. The molecule has 1 fully saturated rings. The van der Waals surface area contributed by atoms with Crippen LogP contribution in [0.4, 0.5) is 0 Å². The molecule has 0 bridgehead atoms. The number of rotatable bonds is 7. The number of unbranched alkanes of at least 4 members (excludes halogenated alkanes) is 1. The Balaban J connectivity index is 2.08. The van der Waals surface area contributed by atoms with Gasteiger partial charge in [0.15, 0.2) is 0 Å². The summed E-state index contributed by atoms with van der Waals surface area (Å²) < 4.78 is 0. The molecule has 0 aliphatic heterocycles. The van der Waals surface area contributed by atoms with Gasteiger partial charge < -0.3 is 10.2 Å². The molecular weight excluding hydrogens is 220 g/mol. The lowest BCUT2D eigenvalue weighted by atomic mass is 9.91. The Morgan fingerprint density at radius 3 is 2.39 bits per heavy atom. The summed E-state index contributed by atoms with van der Waals surface area (Å²) in [5.41, 5.74) is 0.551. The first-order chi connectivity index (χ1) is 8.32. The summed E-state index contributed by atoms with van der Waals surface area (Å²) in [4.78, 5) is 2.43. The zero-order valence-electron chi connectivity index (χ0n) is 13.4. The molecule has 2 atom stereocenters. The average Bonchev–Trinajstić information content (AvgIpc) is 2.51. The molecule has 1 aliphatic rings. The smallest absolute Gasteiger partial charge is 0.00979 e. The lowest BCUT2D eigenvalue weighted by Gasteiger charge is -2.21. The first-order valence-electron chi connectivity index (χ1n) is 7.75. The summed E-state index contributed by atoms with van der Waals surface area (Å²) >= 11 is 0. The van der Waals surface area contributed by atoms with Crippen LogP contribution >= 0.6 is 0 Å². The van der Waals surface area contributed by atoms with E-state index in [4.69, 9.17) is 0 Å². The topological polar surface area (TPSA) is 15.3 Å². The highest BCUT2D eigenvalue weighted by molar-refractivity contribution is 4.90. The molecule has 0 aromatic carbocycles. The van der Waals surface area contributed by atoms with E-state index >= 15 is 0 Å². The van der Waals surface area contributed by atoms with E-state index < -0.39 is 0 Å². The van der Waals surface area contributed by atoms with E-state index in [1.807, 2.05) is 0 Å². The maximum atomic E-state index is 3.77. The second-order valence-corrected chi connectivity index (χ2v) is 7.39. The third kappa shape index (κ3) is 5.27. The van der Waals surface area contributed by atoms with Crippen LogP contribution in [0.3, 0.4) is 0 Å². The van der Waals surface area contributed by atoms with Crippen molar-refractivity contribution in [1.29, 1.82) is 0 Å². The fourth-order valence-electron chi connectivity index (χ4n) is 3.20. The highest BCUT2D eigenvalue weighted by Gasteiger charge is 2.35. The Kier molecular flexibility index (Phi) is 6.13. The van der Waals surface area contributed by atoms with Crippen molar-refractivity contribution < 1.29 is 0 Å². The van der Waals surface area contributed by atoms with Gasteiger partial charge >= 0.3 is 0 Å². The molecular formula is C16H34N2. The van der Waals surface area contributed by atoms with Crippen molar-refractivity contribution >= 4 is 0 Å². The van der Waals surface area contributed by atoms with E-state index in [9.17, 15) is 0 Å². The van der Waals surface area contributed by atoms with Crippen molar-refractivity contribution in [3.63, 3.8) is 0 Å². The number of nitrogens with zero attached hydrogens (tertiary/aromatic N) is 1. The van der Waals surface area contributed by atoms with Crippen molar-refractivity contribution in [2.75, 3.05) is 20.1 Å². The predicted molar refractivity (Wildman–Crippen MR) is 81.0 cm³/mol. The molecule has 0 saturated heterocycles. The standard InChI is InChI=1S/C16H34N2/c1-13(2)18(6)10-8-7-9-17-15-12-16(4,5)11-14(15)3/h13-15,17H,7-12H2,1-6H3. The minimum atomic E-state index is 0.551. The van der Waals surface area contributed by atoms with Gasteiger partial charge in [0, 0.05) is 12.1 Å². The van der Waals surface area contributed by atoms with Crippen molar-refractivity contribution in [1.82, 2.24) is 10.2 Å². The third-order valence-electron chi connectivity index (χ3n) is 4.56. The van der Waals surface area contributed by atoms with Crippen LogP contribution in [0.15, 0.2) is 0 Å². The normalized spacial score (nSPS) is 27.3. The van der Waals surface area contributed by atoms with Crippen molar-refractivity contribution in [2.24, 2.45) is 11.3 Å². The Bertz CT molecular complexity index is 235. The highest BCUT2D eigenvalue weighted by Crippen LogP contribution is 2.40. The van der Waals surface area contributed by atoms with Crippen LogP contribution in [-0.4, -0.2) is 37.1 Å². The highest BCUT2D eigenvalue weighted by atomic mass is 15.1. The summed E-state index contributed by atoms with van der Waals surface area (Å²) in [7, 11) is 2.22. The van der Waals surface area contributed by atoms with Gasteiger partial charge in [0.1, 0.15) is 0 Å². The van der Waals surface area contributed by atoms with Crippen LogP contribution in [0.5, 0.6) is 0 Å². The van der Waals surface area contributed by atoms with Gasteiger partial charge in [-0.3, -0.25) is 0 Å². The zero-order valence-corrected chi connectivity index (χ0v) is 13.4. The van der Waals surface area contributed by atoms with Gasteiger partial charge in [0.2, 0.25) is 0 Å². The summed E-state index contributed by atoms with van der Waals surface area (Å²) in [5, 5.41) is 3.77. The molecule has 1 saturated carbocycles. The van der Waals surface area contributed by atoms with Crippen LogP contribution in [0.2, 0.25) is 0 Å². The van der Waals surface area contributed by atoms with E-state index in [1.54, 1.807) is 0 Å². The molecule has 0 heterocycles. The van der Waals surface area contributed by atoms with Gasteiger partial charge in [-0.05, 0) is 71.0 Å². The molecule has 0 spiro atoms. The van der Waals surface area contributed by atoms with Crippen molar-refractivity contribution in [3.8, 4) is 0 Å². The van der Waals surface area contributed by atoms with Crippen molar-refractivity contribution in [2.45, 2.75) is 72.4 Å². The largest absolute Gasteiger partial charge is 0.314 e. The second kappa shape index (κ2) is 6.91. The molecule has 2 heteroatoms. The zero-order chi connectivity index (χ0) is 13.8. The Morgan fingerprint density at radius 1 is 1.22 bits per heavy atom. The minimum Gasteiger partial charge on any atom is -0.314 e. The molecule has 0 amide bonds. The van der Waals surface area contributed by atoms with Gasteiger partial charge in [0.25, 0.3) is 0 Å². The number of hydrogen-bond donors (Lipinski definition) is 1. The van der Waals surface area contributed by atoms with Crippen LogP contribution in [0, 0.1) is 11.3 Å². The molecule has 2 unspecified atom stereocenters. The SMILES string of the molecule is CC1CC(C)(C)CC1NCCCCN(C)C(C)C. The van der Waals surface area contributed by atoms with E-state index in [-0.39, 0.29) is 0 Å². The molecule has 108 valence electrons. The van der Waals surface area contributed by atoms with Crippen LogP contribution in [0.25, 0.3) is 0 Å². The third-order valence-corrected chi connectivity index (χ3v) is 4.56. The summed E-state index contributed by atoms with van der Waals surface area (Å²) in [6, 6.07) is 1.43. The molecule has 2 nitrogen and oxygen atoms in total. The molecule has 1 rings (SSSR count). The van der Waals surface area contributed by atoms with E-state index in [0.717, 1.165) is 12.0 Å². The Morgan fingerprint density at radius 2 is 1.89 bits per heavy atom. The molecule has 1 N–H and O–H groups in total. The molecule has 0 radical (unpaired) electrons. The van der Waals surface area contributed by atoms with E-state index in [2.05, 4.69) is 51.9 Å². The number of nitrogens with one attached hydrogen (secondary N) is 1. The summed E-state index contributed by atoms with van der Waals surface area (Å²) in [6.07, 6.45) is 5.34. The quantitative estimate of drug-likeness (QED) is 0.699.